The Labute approximate surface area is 160 Å². The number of rotatable bonds is 5. The molecule has 26 heavy (non-hydrogen) atoms. The van der Waals surface area contributed by atoms with E-state index in [1.807, 2.05) is 0 Å². The van der Waals surface area contributed by atoms with Gasteiger partial charge in [0.25, 0.3) is 5.91 Å². The molecule has 0 spiro atoms. The van der Waals surface area contributed by atoms with Gasteiger partial charge in [-0.2, -0.15) is 0 Å². The van der Waals surface area contributed by atoms with Crippen LogP contribution in [0, 0.1) is 17.3 Å². The van der Waals surface area contributed by atoms with Crippen molar-refractivity contribution in [1.82, 2.24) is 0 Å². The van der Waals surface area contributed by atoms with Crippen molar-refractivity contribution in [2.45, 2.75) is 78.6 Å². The number of anilines is 1. The average molecular weight is 377 g/mol. The van der Waals surface area contributed by atoms with E-state index in [9.17, 15) is 9.59 Å². The Morgan fingerprint density at radius 2 is 1.88 bits per heavy atom. The highest BCUT2D eigenvalue weighted by Gasteiger charge is 2.35. The number of hydrogen-bond acceptors (Lipinski definition) is 3. The van der Waals surface area contributed by atoms with Crippen LogP contribution in [0.25, 0.3) is 0 Å². The lowest BCUT2D eigenvalue weighted by Crippen LogP contribution is -2.29. The van der Waals surface area contributed by atoms with Crippen LogP contribution in [0.4, 0.5) is 5.00 Å². The summed E-state index contributed by atoms with van der Waals surface area (Å²) in [6, 6.07) is 0. The van der Waals surface area contributed by atoms with E-state index < -0.39 is 5.91 Å². The van der Waals surface area contributed by atoms with E-state index in [1.165, 1.54) is 11.3 Å². The summed E-state index contributed by atoms with van der Waals surface area (Å²) in [4.78, 5) is 26.0. The van der Waals surface area contributed by atoms with Gasteiger partial charge in [-0.15, -0.1) is 11.3 Å². The molecule has 0 aliphatic heterocycles. The van der Waals surface area contributed by atoms with Crippen LogP contribution in [0.3, 0.4) is 0 Å². The maximum Gasteiger partial charge on any atom is 0.251 e. The highest BCUT2D eigenvalue weighted by molar-refractivity contribution is 7.17. The Kier molecular flexibility index (Phi) is 5.75. The van der Waals surface area contributed by atoms with Crippen molar-refractivity contribution in [3.63, 3.8) is 0 Å². The molecular formula is C21H32N2O2S. The summed E-state index contributed by atoms with van der Waals surface area (Å²) in [5.41, 5.74) is 7.65. The molecule has 0 aromatic carbocycles. The van der Waals surface area contributed by atoms with Crippen LogP contribution in [0.2, 0.25) is 0 Å². The van der Waals surface area contributed by atoms with Crippen LogP contribution >= 0.6 is 11.3 Å². The molecule has 1 atom stereocenters. The minimum absolute atomic E-state index is 0.0660. The van der Waals surface area contributed by atoms with E-state index in [-0.39, 0.29) is 11.8 Å². The van der Waals surface area contributed by atoms with E-state index in [2.05, 4.69) is 26.1 Å². The fourth-order valence-corrected chi connectivity index (χ4v) is 5.80. The number of thiophene rings is 1. The lowest BCUT2D eigenvalue weighted by molar-refractivity contribution is -0.120. The van der Waals surface area contributed by atoms with Crippen LogP contribution in [-0.4, -0.2) is 11.8 Å². The Balaban J connectivity index is 1.83. The van der Waals surface area contributed by atoms with Gasteiger partial charge in [-0.1, -0.05) is 46.5 Å². The first-order chi connectivity index (χ1) is 12.3. The quantitative estimate of drug-likeness (QED) is 0.766. The van der Waals surface area contributed by atoms with Gasteiger partial charge >= 0.3 is 0 Å². The molecule has 1 heterocycles. The van der Waals surface area contributed by atoms with E-state index in [0.29, 0.717) is 21.9 Å². The Hall–Kier alpha value is -1.36. The van der Waals surface area contributed by atoms with Gasteiger partial charge < -0.3 is 11.1 Å². The minimum atomic E-state index is -0.408. The van der Waals surface area contributed by atoms with E-state index in [4.69, 9.17) is 5.73 Å². The highest BCUT2D eigenvalue weighted by Crippen LogP contribution is 2.45. The number of amides is 2. The molecule has 1 aromatic rings. The minimum Gasteiger partial charge on any atom is -0.365 e. The van der Waals surface area contributed by atoms with Crippen molar-refractivity contribution in [3.05, 3.63) is 16.0 Å². The fraction of sp³-hybridized carbons (Fsp3) is 0.714. The molecule has 3 rings (SSSR count). The standard InChI is InChI=1S/C21H32N2O2S/c1-4-21(2,3)14-10-11-15-16(12-14)26-20(17(15)18(22)24)23-19(25)13-8-6-5-7-9-13/h13-14H,4-12H2,1-3H3,(H2,22,24)(H,23,25)/t14-/m1/s1. The molecule has 4 nitrogen and oxygen atoms in total. The lowest BCUT2D eigenvalue weighted by Gasteiger charge is -2.36. The molecule has 5 heteroatoms. The third-order valence-electron chi connectivity index (χ3n) is 6.74. The molecule has 2 amide bonds. The normalized spacial score (nSPS) is 21.3. The summed E-state index contributed by atoms with van der Waals surface area (Å²) in [5.74, 6) is 0.350. The second kappa shape index (κ2) is 7.71. The first-order valence-corrected chi connectivity index (χ1v) is 10.9. The van der Waals surface area contributed by atoms with Crippen molar-refractivity contribution in [2.75, 3.05) is 5.32 Å². The van der Waals surface area contributed by atoms with Gasteiger partial charge in [0, 0.05) is 10.8 Å². The molecule has 1 saturated carbocycles. The van der Waals surface area contributed by atoms with Gasteiger partial charge in [0.1, 0.15) is 5.00 Å². The second-order valence-corrected chi connectivity index (χ2v) is 9.78. The Morgan fingerprint density at radius 1 is 1.19 bits per heavy atom. The number of carbonyl (C=O) groups excluding carboxylic acids is 2. The van der Waals surface area contributed by atoms with Crippen LogP contribution < -0.4 is 11.1 Å². The Bertz CT molecular complexity index is 686. The van der Waals surface area contributed by atoms with Crippen LogP contribution in [0.15, 0.2) is 0 Å². The smallest absolute Gasteiger partial charge is 0.251 e. The van der Waals surface area contributed by atoms with Crippen LogP contribution in [0.5, 0.6) is 0 Å². The summed E-state index contributed by atoms with van der Waals surface area (Å²) < 4.78 is 0. The van der Waals surface area contributed by atoms with Gasteiger partial charge in [0.05, 0.1) is 5.56 Å². The first-order valence-electron chi connectivity index (χ1n) is 10.1. The zero-order valence-corrected chi connectivity index (χ0v) is 17.1. The second-order valence-electron chi connectivity index (χ2n) is 8.68. The molecule has 2 aliphatic rings. The van der Waals surface area contributed by atoms with Gasteiger partial charge in [-0.3, -0.25) is 9.59 Å². The molecule has 0 saturated heterocycles. The average Bonchev–Trinajstić information content (AvgIpc) is 2.99. The number of fused-ring (bicyclic) bond motifs is 1. The van der Waals surface area contributed by atoms with Crippen molar-refractivity contribution >= 4 is 28.2 Å². The predicted molar refractivity (Wildman–Crippen MR) is 108 cm³/mol. The summed E-state index contributed by atoms with van der Waals surface area (Å²) in [5, 5.41) is 3.75. The number of carbonyl (C=O) groups is 2. The fourth-order valence-electron chi connectivity index (χ4n) is 4.47. The van der Waals surface area contributed by atoms with E-state index in [1.54, 1.807) is 11.3 Å². The van der Waals surface area contributed by atoms with Crippen molar-refractivity contribution in [1.29, 1.82) is 0 Å². The third-order valence-corrected chi connectivity index (χ3v) is 7.91. The SMILES string of the molecule is CCC(C)(C)[C@@H]1CCc2c(sc(NC(=O)C3CCCCC3)c2C(N)=O)C1. The van der Waals surface area contributed by atoms with E-state index in [0.717, 1.165) is 56.9 Å². The number of nitrogens with two attached hydrogens (primary N) is 1. The van der Waals surface area contributed by atoms with Crippen LogP contribution in [0.1, 0.15) is 86.5 Å². The van der Waals surface area contributed by atoms with Crippen molar-refractivity contribution in [3.8, 4) is 0 Å². The van der Waals surface area contributed by atoms with Crippen molar-refractivity contribution in [2.24, 2.45) is 23.0 Å². The molecule has 1 aromatic heterocycles. The third kappa shape index (κ3) is 3.83. The van der Waals surface area contributed by atoms with Gasteiger partial charge in [-0.25, -0.2) is 0 Å². The summed E-state index contributed by atoms with van der Waals surface area (Å²) in [6.45, 7) is 6.91. The van der Waals surface area contributed by atoms with Gasteiger partial charge in [0.2, 0.25) is 5.91 Å². The first kappa shape index (κ1) is 19.4. The maximum absolute atomic E-state index is 12.7. The molecular weight excluding hydrogens is 344 g/mol. The van der Waals surface area contributed by atoms with Gasteiger partial charge in [-0.05, 0) is 49.0 Å². The molecule has 1 fully saturated rings. The molecule has 0 radical (unpaired) electrons. The topological polar surface area (TPSA) is 72.2 Å². The predicted octanol–water partition coefficient (Wildman–Crippen LogP) is 4.91. The summed E-state index contributed by atoms with van der Waals surface area (Å²) >= 11 is 1.58. The van der Waals surface area contributed by atoms with Crippen LogP contribution in [-0.2, 0) is 17.6 Å². The summed E-state index contributed by atoms with van der Waals surface area (Å²) in [7, 11) is 0. The summed E-state index contributed by atoms with van der Waals surface area (Å²) in [6.07, 6.45) is 9.47. The maximum atomic E-state index is 12.7. The largest absolute Gasteiger partial charge is 0.365 e. The number of primary amides is 1. The highest BCUT2D eigenvalue weighted by atomic mass is 32.1. The molecule has 3 N–H and O–H groups in total. The molecule has 2 aliphatic carbocycles. The van der Waals surface area contributed by atoms with Crippen molar-refractivity contribution < 1.29 is 9.59 Å². The van der Waals surface area contributed by atoms with E-state index >= 15 is 0 Å². The lowest BCUT2D eigenvalue weighted by atomic mass is 9.69. The van der Waals surface area contributed by atoms with Gasteiger partial charge in [0.15, 0.2) is 0 Å². The zero-order chi connectivity index (χ0) is 18.9. The molecule has 0 bridgehead atoms. The zero-order valence-electron chi connectivity index (χ0n) is 16.3. The number of nitrogens with one attached hydrogen (secondary N) is 1. The molecule has 144 valence electrons. The number of hydrogen-bond donors (Lipinski definition) is 2. The Morgan fingerprint density at radius 3 is 2.50 bits per heavy atom. The monoisotopic (exact) mass is 376 g/mol. The molecule has 0 unspecified atom stereocenters.